The summed E-state index contributed by atoms with van der Waals surface area (Å²) in [5.74, 6) is 0. The number of hydrogen-bond acceptors (Lipinski definition) is 1. The molecule has 1 nitrogen and oxygen atoms in total. The molecule has 12 heavy (non-hydrogen) atoms. The average molecular weight is 159 g/mol. The summed E-state index contributed by atoms with van der Waals surface area (Å²) in [5, 5.41) is 3.11. The Morgan fingerprint density at radius 1 is 1.33 bits per heavy atom. The van der Waals surface area contributed by atoms with Crippen LogP contribution in [0, 0.1) is 0 Å². The molecule has 0 amide bonds. The van der Waals surface area contributed by atoms with Crippen molar-refractivity contribution in [1.82, 2.24) is 5.32 Å². The molecule has 0 fully saturated rings. The monoisotopic (exact) mass is 159 g/mol. The smallest absolute Gasteiger partial charge is 0.0410 e. The average Bonchev–Trinajstić information content (AvgIpc) is 2.15. The van der Waals surface area contributed by atoms with Crippen LogP contribution in [0.15, 0.2) is 49.1 Å². The van der Waals surface area contributed by atoms with Gasteiger partial charge < -0.3 is 5.32 Å². The first-order valence-corrected chi connectivity index (χ1v) is 3.94. The fourth-order valence-electron chi connectivity index (χ4n) is 1.06. The first-order chi connectivity index (χ1) is 5.88. The van der Waals surface area contributed by atoms with E-state index >= 15 is 0 Å². The Bertz CT molecular complexity index is 272. The van der Waals surface area contributed by atoms with E-state index in [1.807, 2.05) is 31.3 Å². The fraction of sp³-hybridized carbons (Fsp3) is 0.0909. The van der Waals surface area contributed by atoms with Gasteiger partial charge in [0.1, 0.15) is 0 Å². The molecule has 1 aromatic rings. The van der Waals surface area contributed by atoms with Gasteiger partial charge in [0.15, 0.2) is 0 Å². The summed E-state index contributed by atoms with van der Waals surface area (Å²) < 4.78 is 0. The van der Waals surface area contributed by atoms with Gasteiger partial charge in [-0.05, 0) is 11.6 Å². The predicted molar refractivity (Wildman–Crippen MR) is 53.7 cm³/mol. The molecule has 0 heterocycles. The molecule has 0 atom stereocenters. The lowest BCUT2D eigenvalue weighted by atomic mass is 10.1. The first-order valence-electron chi connectivity index (χ1n) is 3.94. The molecule has 1 rings (SSSR count). The minimum atomic E-state index is 1.09. The van der Waals surface area contributed by atoms with Gasteiger partial charge in [-0.2, -0.15) is 0 Å². The van der Waals surface area contributed by atoms with Crippen molar-refractivity contribution in [3.05, 3.63) is 54.6 Å². The van der Waals surface area contributed by atoms with Crippen molar-refractivity contribution in [2.24, 2.45) is 0 Å². The van der Waals surface area contributed by atoms with Crippen LogP contribution in [0.5, 0.6) is 0 Å². The van der Waals surface area contributed by atoms with Gasteiger partial charge in [0.2, 0.25) is 0 Å². The third-order valence-electron chi connectivity index (χ3n) is 1.64. The lowest BCUT2D eigenvalue weighted by Gasteiger charge is -2.04. The molecule has 1 aromatic carbocycles. The van der Waals surface area contributed by atoms with Crippen molar-refractivity contribution >= 4 is 5.70 Å². The van der Waals surface area contributed by atoms with Crippen molar-refractivity contribution in [2.45, 2.75) is 0 Å². The van der Waals surface area contributed by atoms with Crippen molar-refractivity contribution in [3.8, 4) is 0 Å². The van der Waals surface area contributed by atoms with Crippen LogP contribution in [0.2, 0.25) is 0 Å². The van der Waals surface area contributed by atoms with E-state index in [1.54, 1.807) is 6.08 Å². The summed E-state index contributed by atoms with van der Waals surface area (Å²) in [4.78, 5) is 0. The Kier molecular flexibility index (Phi) is 3.15. The summed E-state index contributed by atoms with van der Waals surface area (Å²) >= 11 is 0. The van der Waals surface area contributed by atoms with Crippen LogP contribution in [0.4, 0.5) is 0 Å². The molecule has 0 aliphatic rings. The topological polar surface area (TPSA) is 12.0 Å². The van der Waals surface area contributed by atoms with E-state index < -0.39 is 0 Å². The minimum absolute atomic E-state index is 1.09. The van der Waals surface area contributed by atoms with Gasteiger partial charge in [0.25, 0.3) is 0 Å². The highest BCUT2D eigenvalue weighted by atomic mass is 14.8. The van der Waals surface area contributed by atoms with E-state index in [2.05, 4.69) is 24.0 Å². The normalized spacial score (nSPS) is 10.9. The maximum Gasteiger partial charge on any atom is 0.0410 e. The van der Waals surface area contributed by atoms with Gasteiger partial charge in [0.05, 0.1) is 0 Å². The Labute approximate surface area is 73.4 Å². The Hall–Kier alpha value is -1.50. The number of hydrogen-bond donors (Lipinski definition) is 1. The van der Waals surface area contributed by atoms with E-state index in [9.17, 15) is 0 Å². The molecule has 0 unspecified atom stereocenters. The third kappa shape index (κ3) is 1.99. The van der Waals surface area contributed by atoms with Gasteiger partial charge in [-0.15, -0.1) is 0 Å². The molecule has 62 valence electrons. The number of benzene rings is 1. The molecule has 1 N–H and O–H groups in total. The molecule has 1 heteroatoms. The first kappa shape index (κ1) is 8.60. The standard InChI is InChI=1S/C11H13N/c1-3-7-11(12-2)10-8-5-4-6-9-10/h3-9,12H,1H2,2H3/b11-7-. The molecule has 0 bridgehead atoms. The SMILES string of the molecule is C=C/C=C(\NC)c1ccccc1. The number of nitrogens with one attached hydrogen (secondary N) is 1. The van der Waals surface area contributed by atoms with Crippen LogP contribution >= 0.6 is 0 Å². The van der Waals surface area contributed by atoms with Crippen LogP contribution in [-0.2, 0) is 0 Å². The van der Waals surface area contributed by atoms with Gasteiger partial charge in [-0.1, -0.05) is 43.0 Å². The van der Waals surface area contributed by atoms with Crippen LogP contribution in [0.25, 0.3) is 5.70 Å². The summed E-state index contributed by atoms with van der Waals surface area (Å²) in [7, 11) is 1.91. The summed E-state index contributed by atoms with van der Waals surface area (Å²) in [6.07, 6.45) is 3.73. The Morgan fingerprint density at radius 3 is 2.50 bits per heavy atom. The summed E-state index contributed by atoms with van der Waals surface area (Å²) in [6, 6.07) is 10.2. The molecule has 0 saturated heterocycles. The van der Waals surface area contributed by atoms with Gasteiger partial charge in [-0.3, -0.25) is 0 Å². The fourth-order valence-corrected chi connectivity index (χ4v) is 1.06. The highest BCUT2D eigenvalue weighted by Crippen LogP contribution is 2.09. The quantitative estimate of drug-likeness (QED) is 0.668. The third-order valence-corrected chi connectivity index (χ3v) is 1.64. The van der Waals surface area contributed by atoms with Crippen molar-refractivity contribution in [2.75, 3.05) is 7.05 Å². The number of rotatable bonds is 3. The Morgan fingerprint density at radius 2 is 2.00 bits per heavy atom. The number of allylic oxidation sites excluding steroid dienone is 2. The van der Waals surface area contributed by atoms with Crippen LogP contribution in [-0.4, -0.2) is 7.05 Å². The molecule has 0 aromatic heterocycles. The molecular weight excluding hydrogens is 146 g/mol. The molecule has 0 aliphatic carbocycles. The maximum atomic E-state index is 3.66. The van der Waals surface area contributed by atoms with E-state index in [4.69, 9.17) is 0 Å². The molecule has 0 saturated carbocycles. The summed E-state index contributed by atoms with van der Waals surface area (Å²) in [6.45, 7) is 3.66. The lowest BCUT2D eigenvalue weighted by molar-refractivity contribution is 1.13. The molecule has 0 spiro atoms. The van der Waals surface area contributed by atoms with Crippen molar-refractivity contribution < 1.29 is 0 Å². The second-order valence-electron chi connectivity index (χ2n) is 2.43. The van der Waals surface area contributed by atoms with Gasteiger partial charge in [-0.25, -0.2) is 0 Å². The zero-order valence-corrected chi connectivity index (χ0v) is 7.25. The van der Waals surface area contributed by atoms with Crippen molar-refractivity contribution in [1.29, 1.82) is 0 Å². The van der Waals surface area contributed by atoms with Gasteiger partial charge in [0, 0.05) is 12.7 Å². The summed E-state index contributed by atoms with van der Waals surface area (Å²) in [5.41, 5.74) is 2.27. The second kappa shape index (κ2) is 4.39. The molecule has 0 aliphatic heterocycles. The van der Waals surface area contributed by atoms with E-state index in [0.29, 0.717) is 0 Å². The largest absolute Gasteiger partial charge is 0.388 e. The lowest BCUT2D eigenvalue weighted by Crippen LogP contribution is -2.03. The van der Waals surface area contributed by atoms with Crippen molar-refractivity contribution in [3.63, 3.8) is 0 Å². The zero-order chi connectivity index (χ0) is 8.81. The molecule has 0 radical (unpaired) electrons. The highest BCUT2D eigenvalue weighted by molar-refractivity contribution is 5.64. The van der Waals surface area contributed by atoms with Crippen LogP contribution < -0.4 is 5.32 Å². The minimum Gasteiger partial charge on any atom is -0.388 e. The molecular formula is C11H13N. The second-order valence-corrected chi connectivity index (χ2v) is 2.43. The van der Waals surface area contributed by atoms with E-state index in [-0.39, 0.29) is 0 Å². The van der Waals surface area contributed by atoms with E-state index in [0.717, 1.165) is 5.70 Å². The van der Waals surface area contributed by atoms with Gasteiger partial charge >= 0.3 is 0 Å². The highest BCUT2D eigenvalue weighted by Gasteiger charge is 1.93. The predicted octanol–water partition coefficient (Wildman–Crippen LogP) is 2.43. The van der Waals surface area contributed by atoms with Crippen LogP contribution in [0.3, 0.4) is 0 Å². The Balaban J connectivity index is 2.95. The van der Waals surface area contributed by atoms with E-state index in [1.165, 1.54) is 5.56 Å². The van der Waals surface area contributed by atoms with Crippen LogP contribution in [0.1, 0.15) is 5.56 Å². The zero-order valence-electron chi connectivity index (χ0n) is 7.25. The maximum absolute atomic E-state index is 3.66.